The van der Waals surface area contributed by atoms with Crippen LogP contribution in [-0.4, -0.2) is 25.8 Å². The summed E-state index contributed by atoms with van der Waals surface area (Å²) in [7, 11) is 0. The molecule has 5 nitrogen and oxygen atoms in total. The average Bonchev–Trinajstić information content (AvgIpc) is 2.73. The highest BCUT2D eigenvalue weighted by Crippen LogP contribution is 2.29. The molecule has 0 aliphatic carbocycles. The van der Waals surface area contributed by atoms with Crippen molar-refractivity contribution in [3.8, 4) is 5.69 Å². The highest BCUT2D eigenvalue weighted by atomic mass is 35.5. The van der Waals surface area contributed by atoms with Gasteiger partial charge in [0.25, 0.3) is 5.82 Å². The van der Waals surface area contributed by atoms with Crippen molar-refractivity contribution in [2.45, 2.75) is 33.1 Å². The molecular weight excluding hydrogens is 278 g/mol. The third-order valence-electron chi connectivity index (χ3n) is 2.87. The lowest BCUT2D eigenvalue weighted by Crippen LogP contribution is -2.19. The molecule has 0 atom stereocenters. The Balaban J connectivity index is 2.76. The first-order valence-electron chi connectivity index (χ1n) is 6.18. The van der Waals surface area contributed by atoms with Gasteiger partial charge in [-0.25, -0.2) is 14.5 Å². The summed E-state index contributed by atoms with van der Waals surface area (Å²) in [6, 6.07) is 5.49. The fourth-order valence-electron chi connectivity index (χ4n) is 1.94. The predicted molar refractivity (Wildman–Crippen MR) is 76.8 cm³/mol. The second-order valence-electron chi connectivity index (χ2n) is 5.63. The number of aromatic nitrogens is 3. The molecule has 0 bridgehead atoms. The lowest BCUT2D eigenvalue weighted by Gasteiger charge is -2.19. The Bertz CT molecular complexity index is 651. The maximum Gasteiger partial charge on any atom is 0.375 e. The summed E-state index contributed by atoms with van der Waals surface area (Å²) in [5.41, 5.74) is 1.22. The van der Waals surface area contributed by atoms with Gasteiger partial charge < -0.3 is 5.11 Å². The molecule has 0 saturated heterocycles. The quantitative estimate of drug-likeness (QED) is 0.923. The van der Waals surface area contributed by atoms with Crippen LogP contribution < -0.4 is 0 Å². The van der Waals surface area contributed by atoms with Crippen LogP contribution in [0.15, 0.2) is 18.2 Å². The third-order valence-corrected chi connectivity index (χ3v) is 3.17. The van der Waals surface area contributed by atoms with Gasteiger partial charge in [0.1, 0.15) is 5.82 Å². The van der Waals surface area contributed by atoms with E-state index >= 15 is 0 Å². The lowest BCUT2D eigenvalue weighted by molar-refractivity contribution is 0.0683. The van der Waals surface area contributed by atoms with E-state index in [0.29, 0.717) is 16.5 Å². The van der Waals surface area contributed by atoms with Gasteiger partial charge in [-0.05, 0) is 18.6 Å². The van der Waals surface area contributed by atoms with Gasteiger partial charge in [-0.3, -0.25) is 0 Å². The van der Waals surface area contributed by atoms with Crippen LogP contribution in [0.5, 0.6) is 0 Å². The molecule has 2 rings (SSSR count). The minimum atomic E-state index is -1.15. The molecule has 0 radical (unpaired) electrons. The molecule has 1 aromatic heterocycles. The maximum atomic E-state index is 11.1. The number of aryl methyl sites for hydroxylation is 1. The standard InChI is InChI=1S/C14H16ClN3O2/c1-8-6-5-7-9(15)10(8)18-13(14(2,3)4)16-11(17-18)12(19)20/h5-7H,1-4H3,(H,19,20). The van der Waals surface area contributed by atoms with E-state index in [1.54, 1.807) is 6.07 Å². The van der Waals surface area contributed by atoms with E-state index in [0.717, 1.165) is 5.56 Å². The number of halogens is 1. The summed E-state index contributed by atoms with van der Waals surface area (Å²) in [6.07, 6.45) is 0. The molecule has 2 aromatic rings. The summed E-state index contributed by atoms with van der Waals surface area (Å²) in [5.74, 6) is -0.820. The number of benzene rings is 1. The number of nitrogens with zero attached hydrogens (tertiary/aromatic N) is 3. The molecule has 0 fully saturated rings. The van der Waals surface area contributed by atoms with E-state index in [4.69, 9.17) is 16.7 Å². The zero-order valence-corrected chi connectivity index (χ0v) is 12.6. The molecule has 106 valence electrons. The topological polar surface area (TPSA) is 68.0 Å². The smallest absolute Gasteiger partial charge is 0.375 e. The van der Waals surface area contributed by atoms with Gasteiger partial charge in [0.2, 0.25) is 0 Å². The van der Waals surface area contributed by atoms with Crippen LogP contribution in [0.2, 0.25) is 5.02 Å². The van der Waals surface area contributed by atoms with Gasteiger partial charge in [-0.1, -0.05) is 44.5 Å². The fraction of sp³-hybridized carbons (Fsp3) is 0.357. The monoisotopic (exact) mass is 293 g/mol. The molecule has 0 unspecified atom stereocenters. The predicted octanol–water partition coefficient (Wildman–Crippen LogP) is 3.22. The maximum absolute atomic E-state index is 11.1. The number of hydrogen-bond acceptors (Lipinski definition) is 3. The summed E-state index contributed by atoms with van der Waals surface area (Å²) in [5, 5.41) is 13.7. The Morgan fingerprint density at radius 3 is 2.50 bits per heavy atom. The van der Waals surface area contributed by atoms with Gasteiger partial charge in [0.05, 0.1) is 10.7 Å². The Morgan fingerprint density at radius 2 is 2.00 bits per heavy atom. The molecule has 0 spiro atoms. The molecule has 0 aliphatic rings. The van der Waals surface area contributed by atoms with Crippen LogP contribution in [-0.2, 0) is 5.41 Å². The minimum Gasteiger partial charge on any atom is -0.475 e. The SMILES string of the molecule is Cc1cccc(Cl)c1-n1nc(C(=O)O)nc1C(C)(C)C. The highest BCUT2D eigenvalue weighted by molar-refractivity contribution is 6.32. The Hall–Kier alpha value is -1.88. The molecule has 0 saturated carbocycles. The van der Waals surface area contributed by atoms with Crippen molar-refractivity contribution < 1.29 is 9.90 Å². The Morgan fingerprint density at radius 1 is 1.35 bits per heavy atom. The van der Waals surface area contributed by atoms with Gasteiger partial charge in [0.15, 0.2) is 0 Å². The number of carbonyl (C=O) groups is 1. The molecule has 6 heteroatoms. The van der Waals surface area contributed by atoms with Crippen molar-refractivity contribution in [2.24, 2.45) is 0 Å². The summed E-state index contributed by atoms with van der Waals surface area (Å²) >= 11 is 6.24. The summed E-state index contributed by atoms with van der Waals surface area (Å²) in [4.78, 5) is 15.3. The van der Waals surface area contributed by atoms with Crippen molar-refractivity contribution in [1.29, 1.82) is 0 Å². The van der Waals surface area contributed by atoms with E-state index in [1.165, 1.54) is 4.68 Å². The Kier molecular flexibility index (Phi) is 3.56. The van der Waals surface area contributed by atoms with E-state index in [1.807, 2.05) is 39.8 Å². The lowest BCUT2D eigenvalue weighted by atomic mass is 9.95. The zero-order valence-electron chi connectivity index (χ0n) is 11.8. The van der Waals surface area contributed by atoms with Gasteiger partial charge in [0, 0.05) is 5.41 Å². The number of aromatic carboxylic acids is 1. The minimum absolute atomic E-state index is 0.228. The van der Waals surface area contributed by atoms with E-state index < -0.39 is 5.97 Å². The first-order valence-corrected chi connectivity index (χ1v) is 6.56. The number of carboxylic acids is 1. The van der Waals surface area contributed by atoms with Crippen LogP contribution >= 0.6 is 11.6 Å². The van der Waals surface area contributed by atoms with Crippen LogP contribution in [0, 0.1) is 6.92 Å². The summed E-state index contributed by atoms with van der Waals surface area (Å²) < 4.78 is 1.53. The van der Waals surface area contributed by atoms with Gasteiger partial charge >= 0.3 is 5.97 Å². The second-order valence-corrected chi connectivity index (χ2v) is 6.04. The van der Waals surface area contributed by atoms with Crippen molar-refractivity contribution in [3.63, 3.8) is 0 Å². The van der Waals surface area contributed by atoms with Crippen LogP contribution in [0.3, 0.4) is 0 Å². The van der Waals surface area contributed by atoms with Crippen LogP contribution in [0.1, 0.15) is 42.8 Å². The van der Waals surface area contributed by atoms with E-state index in [9.17, 15) is 4.79 Å². The van der Waals surface area contributed by atoms with Crippen LogP contribution in [0.25, 0.3) is 5.69 Å². The zero-order chi connectivity index (χ0) is 15.1. The van der Waals surface area contributed by atoms with Crippen molar-refractivity contribution in [1.82, 2.24) is 14.8 Å². The largest absolute Gasteiger partial charge is 0.475 e. The molecule has 1 heterocycles. The fourth-order valence-corrected chi connectivity index (χ4v) is 2.24. The third kappa shape index (κ3) is 2.54. The number of carboxylic acid groups (broad SMARTS) is 1. The molecular formula is C14H16ClN3O2. The van der Waals surface area contributed by atoms with Crippen molar-refractivity contribution in [2.75, 3.05) is 0 Å². The van der Waals surface area contributed by atoms with E-state index in [2.05, 4.69) is 10.1 Å². The van der Waals surface area contributed by atoms with Crippen LogP contribution in [0.4, 0.5) is 0 Å². The van der Waals surface area contributed by atoms with E-state index in [-0.39, 0.29) is 11.2 Å². The summed E-state index contributed by atoms with van der Waals surface area (Å²) in [6.45, 7) is 7.75. The number of rotatable bonds is 2. The van der Waals surface area contributed by atoms with Crippen molar-refractivity contribution in [3.05, 3.63) is 40.4 Å². The highest BCUT2D eigenvalue weighted by Gasteiger charge is 2.27. The molecule has 20 heavy (non-hydrogen) atoms. The first-order chi connectivity index (χ1) is 9.21. The Labute approximate surface area is 122 Å². The molecule has 0 aliphatic heterocycles. The number of para-hydroxylation sites is 1. The average molecular weight is 294 g/mol. The first kappa shape index (κ1) is 14.5. The van der Waals surface area contributed by atoms with Crippen molar-refractivity contribution >= 4 is 17.6 Å². The molecule has 0 amide bonds. The molecule has 1 N–H and O–H groups in total. The van der Waals surface area contributed by atoms with Gasteiger partial charge in [-0.15, -0.1) is 5.10 Å². The van der Waals surface area contributed by atoms with Gasteiger partial charge in [-0.2, -0.15) is 0 Å². The number of hydrogen-bond donors (Lipinski definition) is 1. The molecule has 1 aromatic carbocycles. The normalized spacial score (nSPS) is 11.7. The second kappa shape index (κ2) is 4.90.